The predicted molar refractivity (Wildman–Crippen MR) is 129 cm³/mol. The monoisotopic (exact) mass is 843 g/mol. The molecule has 0 aliphatic heterocycles. The fourth-order valence-corrected chi connectivity index (χ4v) is 6.30. The van der Waals surface area contributed by atoms with Gasteiger partial charge in [-0.2, -0.15) is 0 Å². The SMILES string of the molecule is Sc1c(Br)c(Br)cc(Br)c1Br.Sc1cc(Br)c(Br)c(Br)c1Br. The highest BCUT2D eigenvalue weighted by atomic mass is 79.9. The van der Waals surface area contributed by atoms with Crippen molar-refractivity contribution in [2.75, 3.05) is 0 Å². The van der Waals surface area contributed by atoms with Crippen molar-refractivity contribution in [3.63, 3.8) is 0 Å². The number of thiol groups is 2. The molecule has 0 unspecified atom stereocenters. The molecule has 0 radical (unpaired) electrons. The van der Waals surface area contributed by atoms with Gasteiger partial charge in [0.2, 0.25) is 0 Å². The Bertz CT molecular complexity index is 603. The molecule has 0 atom stereocenters. The highest BCUT2D eigenvalue weighted by Crippen LogP contribution is 2.40. The maximum atomic E-state index is 4.30. The normalized spacial score (nSPS) is 10.3. The first-order chi connectivity index (χ1) is 10.1. The Morgan fingerprint density at radius 1 is 0.500 bits per heavy atom. The topological polar surface area (TPSA) is 0 Å². The van der Waals surface area contributed by atoms with Crippen LogP contribution in [0.3, 0.4) is 0 Å². The van der Waals surface area contributed by atoms with Crippen LogP contribution in [0.5, 0.6) is 0 Å². The lowest BCUT2D eigenvalue weighted by atomic mass is 10.4. The smallest absolute Gasteiger partial charge is 0.0482 e. The van der Waals surface area contributed by atoms with E-state index in [0.717, 1.165) is 45.6 Å². The van der Waals surface area contributed by atoms with Crippen molar-refractivity contribution in [2.24, 2.45) is 0 Å². The fraction of sp³-hybridized carbons (Fsp3) is 0. The molecule has 0 amide bonds. The lowest BCUT2D eigenvalue weighted by molar-refractivity contribution is 1.32. The second-order valence-corrected chi connectivity index (χ2v) is 11.1. The van der Waals surface area contributed by atoms with Crippen LogP contribution in [0.4, 0.5) is 0 Å². The Kier molecular flexibility index (Phi) is 10.8. The van der Waals surface area contributed by atoms with Crippen LogP contribution in [0.2, 0.25) is 0 Å². The number of hydrogen-bond donors (Lipinski definition) is 2. The molecule has 0 nitrogen and oxygen atoms in total. The molecule has 120 valence electrons. The van der Waals surface area contributed by atoms with Crippen LogP contribution in [0.15, 0.2) is 57.7 Å². The van der Waals surface area contributed by atoms with E-state index in [-0.39, 0.29) is 0 Å². The summed E-state index contributed by atoms with van der Waals surface area (Å²) in [6.45, 7) is 0. The third-order valence-electron chi connectivity index (χ3n) is 2.17. The number of rotatable bonds is 0. The molecule has 22 heavy (non-hydrogen) atoms. The van der Waals surface area contributed by atoms with Crippen LogP contribution < -0.4 is 0 Å². The Balaban J connectivity index is 0.000000220. The first kappa shape index (κ1) is 23.0. The zero-order valence-corrected chi connectivity index (χ0v) is 24.5. The average molecular weight is 852 g/mol. The summed E-state index contributed by atoms with van der Waals surface area (Å²) in [6.07, 6.45) is 0. The summed E-state index contributed by atoms with van der Waals surface area (Å²) in [5, 5.41) is 0. The van der Waals surface area contributed by atoms with E-state index in [1.54, 1.807) is 0 Å². The molecule has 0 heterocycles. The summed E-state index contributed by atoms with van der Waals surface area (Å²) in [7, 11) is 0. The van der Waals surface area contributed by atoms with Gasteiger partial charge in [0.15, 0.2) is 0 Å². The van der Waals surface area contributed by atoms with Crippen LogP contribution in [0.25, 0.3) is 0 Å². The lowest BCUT2D eigenvalue weighted by Gasteiger charge is -2.04. The van der Waals surface area contributed by atoms with Gasteiger partial charge >= 0.3 is 0 Å². The second-order valence-electron chi connectivity index (χ2n) is 3.64. The molecule has 2 aromatic rings. The third kappa shape index (κ3) is 6.01. The van der Waals surface area contributed by atoms with Crippen molar-refractivity contribution < 1.29 is 0 Å². The molecule has 10 heteroatoms. The highest BCUT2D eigenvalue weighted by molar-refractivity contribution is 9.15. The highest BCUT2D eigenvalue weighted by Gasteiger charge is 2.09. The quantitative estimate of drug-likeness (QED) is 0.147. The molecule has 0 saturated carbocycles. The van der Waals surface area contributed by atoms with Crippen LogP contribution in [0, 0.1) is 0 Å². The summed E-state index contributed by atoms with van der Waals surface area (Å²) >= 11 is 35.7. The van der Waals surface area contributed by atoms with E-state index in [2.05, 4.69) is 153 Å². The van der Waals surface area contributed by atoms with Gasteiger partial charge in [-0.3, -0.25) is 0 Å². The van der Waals surface area contributed by atoms with Gasteiger partial charge in [-0.25, -0.2) is 0 Å². The van der Waals surface area contributed by atoms with Gasteiger partial charge in [-0.1, -0.05) is 0 Å². The van der Waals surface area contributed by atoms with Gasteiger partial charge < -0.3 is 0 Å². The number of benzene rings is 2. The maximum Gasteiger partial charge on any atom is 0.0482 e. The Morgan fingerprint density at radius 3 is 1.36 bits per heavy atom. The van der Waals surface area contributed by atoms with Gasteiger partial charge in [0.25, 0.3) is 0 Å². The molecule has 0 bridgehead atoms. The molecule has 2 aromatic carbocycles. The van der Waals surface area contributed by atoms with Gasteiger partial charge in [0.05, 0.1) is 0 Å². The van der Waals surface area contributed by atoms with Crippen LogP contribution >= 0.6 is 153 Å². The molecule has 2 rings (SSSR count). The van der Waals surface area contributed by atoms with Crippen molar-refractivity contribution in [2.45, 2.75) is 9.79 Å². The molecule has 0 saturated heterocycles. The van der Waals surface area contributed by atoms with E-state index < -0.39 is 0 Å². The summed E-state index contributed by atoms with van der Waals surface area (Å²) in [5.41, 5.74) is 0. The summed E-state index contributed by atoms with van der Waals surface area (Å²) in [5.74, 6) is 0. The summed E-state index contributed by atoms with van der Waals surface area (Å²) in [6, 6.07) is 3.87. The minimum absolute atomic E-state index is 0.881. The van der Waals surface area contributed by atoms with Crippen molar-refractivity contribution >= 4 is 153 Å². The van der Waals surface area contributed by atoms with E-state index in [4.69, 9.17) is 0 Å². The zero-order chi connectivity index (χ0) is 17.2. The van der Waals surface area contributed by atoms with Crippen LogP contribution in [-0.2, 0) is 0 Å². The van der Waals surface area contributed by atoms with E-state index in [1.165, 1.54) is 0 Å². The number of hydrogen-bond acceptors (Lipinski definition) is 2. The molecule has 0 N–H and O–H groups in total. The van der Waals surface area contributed by atoms with Gasteiger partial charge in [0.1, 0.15) is 0 Å². The van der Waals surface area contributed by atoms with Gasteiger partial charge in [-0.15, -0.1) is 25.3 Å². The van der Waals surface area contributed by atoms with Crippen LogP contribution in [-0.4, -0.2) is 0 Å². The molecular weight excluding hydrogens is 847 g/mol. The van der Waals surface area contributed by atoms with Crippen LogP contribution in [0.1, 0.15) is 0 Å². The fourth-order valence-electron chi connectivity index (χ4n) is 1.12. The molecule has 0 aliphatic rings. The molecule has 0 aliphatic carbocycles. The molecule has 0 spiro atoms. The van der Waals surface area contributed by atoms with Crippen molar-refractivity contribution in [3.8, 4) is 0 Å². The minimum Gasteiger partial charge on any atom is -0.142 e. The van der Waals surface area contributed by atoms with E-state index in [9.17, 15) is 0 Å². The predicted octanol–water partition coefficient (Wildman–Crippen LogP) is 10.1. The number of halogens is 8. The van der Waals surface area contributed by atoms with E-state index in [1.807, 2.05) is 12.1 Å². The van der Waals surface area contributed by atoms with Gasteiger partial charge in [-0.05, 0) is 140 Å². The standard InChI is InChI=1S/2C6H2Br4S/c7-2-1-3(11)5(9)6(10)4(2)8;7-2-1-3(8)5(10)6(11)4(2)9/h2*1,11H. The van der Waals surface area contributed by atoms with Crippen molar-refractivity contribution in [3.05, 3.63) is 47.9 Å². The average Bonchev–Trinajstić information content (AvgIpc) is 2.47. The maximum absolute atomic E-state index is 4.30. The Morgan fingerprint density at radius 2 is 0.909 bits per heavy atom. The largest absolute Gasteiger partial charge is 0.142 e. The summed E-state index contributed by atoms with van der Waals surface area (Å²) < 4.78 is 7.77. The lowest BCUT2D eigenvalue weighted by Crippen LogP contribution is -1.78. The minimum atomic E-state index is 0.881. The van der Waals surface area contributed by atoms with E-state index >= 15 is 0 Å². The van der Waals surface area contributed by atoms with Crippen molar-refractivity contribution in [1.82, 2.24) is 0 Å². The Labute approximate surface area is 207 Å². The molecule has 0 fully saturated rings. The van der Waals surface area contributed by atoms with E-state index in [0.29, 0.717) is 0 Å². The third-order valence-corrected chi connectivity index (χ3v) is 12.5. The Hall–Kier alpha value is 2.98. The van der Waals surface area contributed by atoms with Gasteiger partial charge in [0, 0.05) is 45.6 Å². The summed E-state index contributed by atoms with van der Waals surface area (Å²) in [4.78, 5) is 1.78. The first-order valence-corrected chi connectivity index (χ1v) is 12.4. The zero-order valence-electron chi connectivity index (χ0n) is 10.1. The second kappa shape index (κ2) is 10.3. The first-order valence-electron chi connectivity index (χ1n) is 5.11. The molecular formula is C12H4Br8S2. The van der Waals surface area contributed by atoms with Crippen molar-refractivity contribution in [1.29, 1.82) is 0 Å². The molecule has 0 aromatic heterocycles.